The van der Waals surface area contributed by atoms with Crippen molar-refractivity contribution in [3.63, 3.8) is 0 Å². The Morgan fingerprint density at radius 2 is 1.75 bits per heavy atom. The van der Waals surface area contributed by atoms with Gasteiger partial charge in [0.2, 0.25) is 0 Å². The van der Waals surface area contributed by atoms with Crippen molar-refractivity contribution < 1.29 is 8.42 Å². The Morgan fingerprint density at radius 1 is 1.12 bits per heavy atom. The van der Waals surface area contributed by atoms with Crippen LogP contribution in [-0.2, 0) is 10.0 Å². The molecule has 0 radical (unpaired) electrons. The lowest BCUT2D eigenvalue weighted by atomic mass is 9.94. The van der Waals surface area contributed by atoms with Crippen LogP contribution in [0.25, 0.3) is 5.57 Å². The number of nitrogens with zero attached hydrogens (tertiary/aromatic N) is 1. The highest BCUT2D eigenvalue weighted by Crippen LogP contribution is 2.30. The number of allylic oxidation sites excluding steroid dienone is 2. The number of nitriles is 1. The smallest absolute Gasteiger partial charge is 0.261 e. The van der Waals surface area contributed by atoms with Crippen LogP contribution in [-0.4, -0.2) is 8.42 Å². The summed E-state index contributed by atoms with van der Waals surface area (Å²) in [5.41, 5.74) is 2.96. The number of anilines is 1. The van der Waals surface area contributed by atoms with E-state index in [0.29, 0.717) is 11.3 Å². The second kappa shape index (κ2) is 7.33. The van der Waals surface area contributed by atoms with Crippen molar-refractivity contribution in [1.29, 1.82) is 5.26 Å². The molecule has 1 N–H and O–H groups in total. The summed E-state index contributed by atoms with van der Waals surface area (Å²) in [6.45, 7) is 5.84. The molecule has 0 atom stereocenters. The monoisotopic (exact) mass is 340 g/mol. The van der Waals surface area contributed by atoms with Gasteiger partial charge in [-0.15, -0.1) is 0 Å². The summed E-state index contributed by atoms with van der Waals surface area (Å²) in [6, 6.07) is 15.8. The van der Waals surface area contributed by atoms with Gasteiger partial charge in [-0.2, -0.15) is 5.26 Å². The normalized spacial score (nSPS) is 12.0. The van der Waals surface area contributed by atoms with Crippen LogP contribution in [0.3, 0.4) is 0 Å². The number of para-hydroxylation sites is 1. The van der Waals surface area contributed by atoms with E-state index < -0.39 is 10.0 Å². The van der Waals surface area contributed by atoms with Crippen molar-refractivity contribution in [2.75, 3.05) is 4.72 Å². The highest BCUT2D eigenvalue weighted by Gasteiger charge is 2.18. The molecule has 2 aromatic rings. The number of hydrogen-bond donors (Lipinski definition) is 1. The molecule has 0 fully saturated rings. The van der Waals surface area contributed by atoms with Crippen molar-refractivity contribution in [3.8, 4) is 6.07 Å². The molecule has 0 bridgehead atoms. The maximum absolute atomic E-state index is 12.6. The van der Waals surface area contributed by atoms with Gasteiger partial charge in [-0.3, -0.25) is 4.72 Å². The van der Waals surface area contributed by atoms with Crippen LogP contribution in [0.2, 0.25) is 0 Å². The highest BCUT2D eigenvalue weighted by molar-refractivity contribution is 7.92. The zero-order valence-electron chi connectivity index (χ0n) is 13.9. The van der Waals surface area contributed by atoms with Crippen molar-refractivity contribution >= 4 is 21.3 Å². The minimum Gasteiger partial charge on any atom is -0.279 e. The molecule has 0 amide bonds. The van der Waals surface area contributed by atoms with Crippen molar-refractivity contribution in [2.45, 2.75) is 25.7 Å². The maximum Gasteiger partial charge on any atom is 0.261 e. The standard InChI is InChI=1S/C19H20N2O2S/c1-14(2)17(12-13-20)18-6-4-5-7-19(18)21-24(22,23)16-10-8-15(3)9-11-16/h4-12,14,21H,1-3H3/b17-12-. The first-order valence-corrected chi connectivity index (χ1v) is 9.12. The van der Waals surface area contributed by atoms with Crippen LogP contribution in [0.4, 0.5) is 5.69 Å². The largest absolute Gasteiger partial charge is 0.279 e. The van der Waals surface area contributed by atoms with E-state index in [-0.39, 0.29) is 10.8 Å². The van der Waals surface area contributed by atoms with Crippen molar-refractivity contribution in [1.82, 2.24) is 0 Å². The molecule has 0 aliphatic heterocycles. The molecule has 0 spiro atoms. The minimum atomic E-state index is -3.69. The fourth-order valence-electron chi connectivity index (χ4n) is 2.37. The summed E-state index contributed by atoms with van der Waals surface area (Å²) in [4.78, 5) is 0.207. The lowest BCUT2D eigenvalue weighted by Crippen LogP contribution is -2.14. The van der Waals surface area contributed by atoms with Gasteiger partial charge < -0.3 is 0 Å². The van der Waals surface area contributed by atoms with E-state index in [4.69, 9.17) is 5.26 Å². The third-order valence-electron chi connectivity index (χ3n) is 3.66. The fourth-order valence-corrected chi connectivity index (χ4v) is 3.45. The van der Waals surface area contributed by atoms with Gasteiger partial charge in [-0.1, -0.05) is 49.7 Å². The number of aryl methyl sites for hydroxylation is 1. The number of sulfonamides is 1. The molecule has 0 aliphatic rings. The minimum absolute atomic E-state index is 0.0923. The molecule has 0 aliphatic carbocycles. The number of benzene rings is 2. The van der Waals surface area contributed by atoms with Crippen LogP contribution in [0, 0.1) is 24.2 Å². The predicted molar refractivity (Wildman–Crippen MR) is 96.9 cm³/mol. The molecular formula is C19H20N2O2S. The third kappa shape index (κ3) is 4.03. The second-order valence-electron chi connectivity index (χ2n) is 5.85. The molecule has 0 saturated carbocycles. The second-order valence-corrected chi connectivity index (χ2v) is 7.53. The third-order valence-corrected chi connectivity index (χ3v) is 5.04. The summed E-state index contributed by atoms with van der Waals surface area (Å²) in [7, 11) is -3.69. The fraction of sp³-hybridized carbons (Fsp3) is 0.211. The maximum atomic E-state index is 12.6. The summed E-state index contributed by atoms with van der Waals surface area (Å²) >= 11 is 0. The van der Waals surface area contributed by atoms with Gasteiger partial charge in [0.15, 0.2) is 0 Å². The SMILES string of the molecule is Cc1ccc(S(=O)(=O)Nc2ccccc2/C(=C\C#N)C(C)C)cc1. The molecule has 0 heterocycles. The Bertz CT molecular complexity index is 890. The molecular weight excluding hydrogens is 320 g/mol. The molecule has 0 unspecified atom stereocenters. The first kappa shape index (κ1) is 17.8. The van der Waals surface area contributed by atoms with Gasteiger partial charge in [0.05, 0.1) is 16.7 Å². The van der Waals surface area contributed by atoms with E-state index in [9.17, 15) is 8.42 Å². The molecule has 4 nitrogen and oxygen atoms in total. The van der Waals surface area contributed by atoms with Gasteiger partial charge in [-0.25, -0.2) is 8.42 Å². The number of nitrogens with one attached hydrogen (secondary N) is 1. The van der Waals surface area contributed by atoms with Gasteiger partial charge >= 0.3 is 0 Å². The summed E-state index contributed by atoms with van der Waals surface area (Å²) < 4.78 is 27.9. The summed E-state index contributed by atoms with van der Waals surface area (Å²) in [6.07, 6.45) is 1.46. The molecule has 124 valence electrons. The lowest BCUT2D eigenvalue weighted by Gasteiger charge is -2.17. The van der Waals surface area contributed by atoms with E-state index in [1.54, 1.807) is 36.4 Å². The molecule has 24 heavy (non-hydrogen) atoms. The Balaban J connectivity index is 2.46. The Labute approximate surface area is 143 Å². The molecule has 2 aromatic carbocycles. The van der Waals surface area contributed by atoms with Gasteiger partial charge in [0, 0.05) is 11.6 Å². The molecule has 2 rings (SSSR count). The molecule has 0 aromatic heterocycles. The van der Waals surface area contributed by atoms with Gasteiger partial charge in [-0.05, 0) is 36.6 Å². The average molecular weight is 340 g/mol. The van der Waals surface area contributed by atoms with Crippen molar-refractivity contribution in [3.05, 3.63) is 65.7 Å². The Kier molecular flexibility index (Phi) is 5.42. The van der Waals surface area contributed by atoms with Crippen LogP contribution in [0.1, 0.15) is 25.0 Å². The van der Waals surface area contributed by atoms with Crippen LogP contribution in [0.5, 0.6) is 0 Å². The van der Waals surface area contributed by atoms with Crippen LogP contribution in [0.15, 0.2) is 59.5 Å². The van der Waals surface area contributed by atoms with E-state index in [0.717, 1.165) is 11.1 Å². The van der Waals surface area contributed by atoms with Crippen molar-refractivity contribution in [2.24, 2.45) is 5.92 Å². The van der Waals surface area contributed by atoms with Gasteiger partial charge in [0.1, 0.15) is 0 Å². The first-order valence-electron chi connectivity index (χ1n) is 7.63. The predicted octanol–water partition coefficient (Wildman–Crippen LogP) is 4.36. The van der Waals surface area contributed by atoms with E-state index in [1.165, 1.54) is 6.08 Å². The Hall–Kier alpha value is -2.58. The summed E-state index contributed by atoms with van der Waals surface area (Å²) in [5, 5.41) is 9.01. The van der Waals surface area contributed by atoms with E-state index in [1.807, 2.05) is 39.0 Å². The van der Waals surface area contributed by atoms with E-state index >= 15 is 0 Å². The molecule has 0 saturated heterocycles. The van der Waals surface area contributed by atoms with Crippen LogP contribution < -0.4 is 4.72 Å². The average Bonchev–Trinajstić information content (AvgIpc) is 2.53. The van der Waals surface area contributed by atoms with E-state index in [2.05, 4.69) is 4.72 Å². The summed E-state index contributed by atoms with van der Waals surface area (Å²) in [5.74, 6) is 0.0923. The Morgan fingerprint density at radius 3 is 2.33 bits per heavy atom. The van der Waals surface area contributed by atoms with Crippen LogP contribution >= 0.6 is 0 Å². The number of rotatable bonds is 5. The topological polar surface area (TPSA) is 70.0 Å². The quantitative estimate of drug-likeness (QED) is 0.822. The zero-order chi connectivity index (χ0) is 17.7. The highest BCUT2D eigenvalue weighted by atomic mass is 32.2. The zero-order valence-corrected chi connectivity index (χ0v) is 14.8. The van der Waals surface area contributed by atoms with Gasteiger partial charge in [0.25, 0.3) is 10.0 Å². The molecule has 5 heteroatoms. The lowest BCUT2D eigenvalue weighted by molar-refractivity contribution is 0.601. The number of hydrogen-bond acceptors (Lipinski definition) is 3. The first-order chi connectivity index (χ1) is 11.3.